The molecule has 1 aromatic carbocycles. The molecule has 2 rings (SSSR count). The third-order valence-electron chi connectivity index (χ3n) is 3.51. The summed E-state index contributed by atoms with van der Waals surface area (Å²) in [4.78, 5) is 16.1. The first-order valence-corrected chi connectivity index (χ1v) is 6.42. The van der Waals surface area contributed by atoms with Gasteiger partial charge in [-0.05, 0) is 37.0 Å². The summed E-state index contributed by atoms with van der Waals surface area (Å²) in [5, 5.41) is 1.16. The van der Waals surface area contributed by atoms with Crippen molar-refractivity contribution in [3.8, 4) is 0 Å². The molecule has 0 aliphatic carbocycles. The Bertz CT molecular complexity index is 555. The first-order chi connectivity index (χ1) is 8.59. The lowest BCUT2D eigenvalue weighted by Crippen LogP contribution is -2.20. The minimum absolute atomic E-state index is 0.0933. The van der Waals surface area contributed by atoms with E-state index in [0.717, 1.165) is 17.3 Å². The third-order valence-corrected chi connectivity index (χ3v) is 3.51. The van der Waals surface area contributed by atoms with Gasteiger partial charge < -0.3 is 0 Å². The van der Waals surface area contributed by atoms with E-state index in [1.54, 1.807) is 6.92 Å². The number of fused-ring (bicyclic) bond motifs is 1. The molecule has 0 saturated heterocycles. The fourth-order valence-corrected chi connectivity index (χ4v) is 2.42. The summed E-state index contributed by atoms with van der Waals surface area (Å²) in [6, 6.07) is 10.1. The standard InChI is InChI=1S/C16H19NO/c1-11(2)15(12(3)18)10-13-8-9-17-16-7-5-4-6-14(13)16/h4-9,11,15H,10H2,1-3H3. The Kier molecular flexibility index (Phi) is 3.75. The molecule has 2 nitrogen and oxygen atoms in total. The number of carbonyl (C=O) groups excluding carboxylic acids is 1. The number of nitrogens with zero attached hydrogens (tertiary/aromatic N) is 1. The minimum atomic E-state index is 0.0933. The molecule has 0 bridgehead atoms. The van der Waals surface area contributed by atoms with Crippen LogP contribution < -0.4 is 0 Å². The van der Waals surface area contributed by atoms with Crippen LogP contribution >= 0.6 is 0 Å². The van der Waals surface area contributed by atoms with E-state index in [-0.39, 0.29) is 11.7 Å². The molecule has 1 atom stereocenters. The fraction of sp³-hybridized carbons (Fsp3) is 0.375. The molecule has 2 aromatic rings. The van der Waals surface area contributed by atoms with Gasteiger partial charge in [-0.3, -0.25) is 9.78 Å². The molecule has 0 saturated carbocycles. The molecule has 1 unspecified atom stereocenters. The van der Waals surface area contributed by atoms with E-state index in [4.69, 9.17) is 0 Å². The summed E-state index contributed by atoms with van der Waals surface area (Å²) >= 11 is 0. The van der Waals surface area contributed by atoms with Gasteiger partial charge in [0.05, 0.1) is 5.52 Å². The molecular weight excluding hydrogens is 222 g/mol. The number of carbonyl (C=O) groups is 1. The molecule has 0 fully saturated rings. The Balaban J connectivity index is 2.39. The Morgan fingerprint density at radius 3 is 2.61 bits per heavy atom. The van der Waals surface area contributed by atoms with Crippen LogP contribution in [0.2, 0.25) is 0 Å². The van der Waals surface area contributed by atoms with E-state index >= 15 is 0 Å². The van der Waals surface area contributed by atoms with Crippen molar-refractivity contribution in [2.24, 2.45) is 11.8 Å². The molecule has 0 aliphatic heterocycles. The van der Waals surface area contributed by atoms with Gasteiger partial charge in [-0.1, -0.05) is 32.0 Å². The maximum Gasteiger partial charge on any atom is 0.133 e. The molecular formula is C16H19NO. The normalized spacial score (nSPS) is 12.9. The Labute approximate surface area is 108 Å². The number of pyridine rings is 1. The van der Waals surface area contributed by atoms with E-state index in [9.17, 15) is 4.79 Å². The van der Waals surface area contributed by atoms with Crippen LogP contribution in [0.1, 0.15) is 26.3 Å². The topological polar surface area (TPSA) is 30.0 Å². The zero-order chi connectivity index (χ0) is 13.1. The van der Waals surface area contributed by atoms with E-state index in [1.165, 1.54) is 5.56 Å². The lowest BCUT2D eigenvalue weighted by Gasteiger charge is -2.18. The number of aromatic nitrogens is 1. The zero-order valence-electron chi connectivity index (χ0n) is 11.2. The maximum absolute atomic E-state index is 11.7. The van der Waals surface area contributed by atoms with Crippen LogP contribution in [0.15, 0.2) is 36.5 Å². The van der Waals surface area contributed by atoms with Crippen molar-refractivity contribution >= 4 is 16.7 Å². The lowest BCUT2D eigenvalue weighted by molar-refractivity contribution is -0.121. The predicted molar refractivity (Wildman–Crippen MR) is 74.5 cm³/mol. The second kappa shape index (κ2) is 5.30. The highest BCUT2D eigenvalue weighted by atomic mass is 16.1. The van der Waals surface area contributed by atoms with Gasteiger partial charge in [-0.25, -0.2) is 0 Å². The lowest BCUT2D eigenvalue weighted by atomic mass is 9.85. The van der Waals surface area contributed by atoms with Crippen molar-refractivity contribution < 1.29 is 4.79 Å². The number of hydrogen-bond donors (Lipinski definition) is 0. The molecule has 2 heteroatoms. The van der Waals surface area contributed by atoms with Crippen molar-refractivity contribution in [3.05, 3.63) is 42.1 Å². The Morgan fingerprint density at radius 2 is 1.94 bits per heavy atom. The van der Waals surface area contributed by atoms with Gasteiger partial charge in [-0.15, -0.1) is 0 Å². The van der Waals surface area contributed by atoms with E-state index in [0.29, 0.717) is 5.92 Å². The van der Waals surface area contributed by atoms with Gasteiger partial charge >= 0.3 is 0 Å². The van der Waals surface area contributed by atoms with Crippen LogP contribution in [-0.4, -0.2) is 10.8 Å². The van der Waals surface area contributed by atoms with Crippen LogP contribution in [0.3, 0.4) is 0 Å². The number of Topliss-reactive ketones (excluding diaryl/α,β-unsaturated/α-hetero) is 1. The van der Waals surface area contributed by atoms with Gasteiger partial charge in [-0.2, -0.15) is 0 Å². The average molecular weight is 241 g/mol. The summed E-state index contributed by atoms with van der Waals surface area (Å²) in [5.41, 5.74) is 2.22. The van der Waals surface area contributed by atoms with Crippen LogP contribution in [-0.2, 0) is 11.2 Å². The SMILES string of the molecule is CC(=O)C(Cc1ccnc2ccccc12)C(C)C. The quantitative estimate of drug-likeness (QED) is 0.818. The third kappa shape index (κ3) is 2.58. The van der Waals surface area contributed by atoms with Crippen LogP contribution in [0.4, 0.5) is 0 Å². The summed E-state index contributed by atoms with van der Waals surface area (Å²) < 4.78 is 0. The number of benzene rings is 1. The first-order valence-electron chi connectivity index (χ1n) is 6.42. The molecule has 0 N–H and O–H groups in total. The summed E-state index contributed by atoms with van der Waals surface area (Å²) in [6.45, 7) is 5.90. The number of rotatable bonds is 4. The molecule has 94 valence electrons. The Hall–Kier alpha value is -1.70. The highest BCUT2D eigenvalue weighted by Crippen LogP contribution is 2.23. The Morgan fingerprint density at radius 1 is 1.22 bits per heavy atom. The monoisotopic (exact) mass is 241 g/mol. The minimum Gasteiger partial charge on any atom is -0.300 e. The largest absolute Gasteiger partial charge is 0.300 e. The summed E-state index contributed by atoms with van der Waals surface area (Å²) in [5.74, 6) is 0.733. The molecule has 0 radical (unpaired) electrons. The molecule has 1 heterocycles. The first kappa shape index (κ1) is 12.7. The van der Waals surface area contributed by atoms with E-state index < -0.39 is 0 Å². The number of hydrogen-bond acceptors (Lipinski definition) is 2. The smallest absolute Gasteiger partial charge is 0.133 e. The molecule has 0 spiro atoms. The predicted octanol–water partition coefficient (Wildman–Crippen LogP) is 3.64. The van der Waals surface area contributed by atoms with Crippen LogP contribution in [0.5, 0.6) is 0 Å². The second-order valence-corrected chi connectivity index (χ2v) is 5.15. The molecule has 0 amide bonds. The van der Waals surface area contributed by atoms with Crippen molar-refractivity contribution in [1.29, 1.82) is 0 Å². The van der Waals surface area contributed by atoms with E-state index in [1.807, 2.05) is 30.5 Å². The fourth-order valence-electron chi connectivity index (χ4n) is 2.42. The van der Waals surface area contributed by atoms with E-state index in [2.05, 4.69) is 24.9 Å². The number of ketones is 1. The molecule has 0 aliphatic rings. The van der Waals surface area contributed by atoms with Crippen molar-refractivity contribution in [1.82, 2.24) is 4.98 Å². The van der Waals surface area contributed by atoms with Gasteiger partial charge in [0.25, 0.3) is 0 Å². The summed E-state index contributed by atoms with van der Waals surface area (Å²) in [6.07, 6.45) is 2.63. The maximum atomic E-state index is 11.7. The highest BCUT2D eigenvalue weighted by molar-refractivity contribution is 5.84. The van der Waals surface area contributed by atoms with Crippen molar-refractivity contribution in [2.75, 3.05) is 0 Å². The second-order valence-electron chi connectivity index (χ2n) is 5.15. The van der Waals surface area contributed by atoms with Gasteiger partial charge in [0, 0.05) is 17.5 Å². The van der Waals surface area contributed by atoms with Gasteiger partial charge in [0.15, 0.2) is 0 Å². The average Bonchev–Trinajstić information content (AvgIpc) is 2.35. The van der Waals surface area contributed by atoms with Crippen molar-refractivity contribution in [3.63, 3.8) is 0 Å². The molecule has 1 aromatic heterocycles. The summed E-state index contributed by atoms with van der Waals surface area (Å²) in [7, 11) is 0. The zero-order valence-corrected chi connectivity index (χ0v) is 11.2. The highest BCUT2D eigenvalue weighted by Gasteiger charge is 2.19. The number of para-hydroxylation sites is 1. The molecule has 18 heavy (non-hydrogen) atoms. The van der Waals surface area contributed by atoms with Crippen molar-refractivity contribution in [2.45, 2.75) is 27.2 Å². The van der Waals surface area contributed by atoms with Gasteiger partial charge in [0.2, 0.25) is 0 Å². The van der Waals surface area contributed by atoms with Crippen LogP contribution in [0.25, 0.3) is 10.9 Å². The van der Waals surface area contributed by atoms with Crippen LogP contribution in [0, 0.1) is 11.8 Å². The van der Waals surface area contributed by atoms with Gasteiger partial charge in [0.1, 0.15) is 5.78 Å².